The smallest absolute Gasteiger partial charge is 0.187 e. The highest BCUT2D eigenvalue weighted by Gasteiger charge is 2.48. The van der Waals surface area contributed by atoms with Gasteiger partial charge in [-0.2, -0.15) is 0 Å². The van der Waals surface area contributed by atoms with Gasteiger partial charge in [-0.15, -0.1) is 0 Å². The van der Waals surface area contributed by atoms with Gasteiger partial charge < -0.3 is 63.4 Å². The van der Waals surface area contributed by atoms with Crippen molar-refractivity contribution < 1.29 is 72.6 Å². The summed E-state index contributed by atoms with van der Waals surface area (Å²) in [7, 11) is 9.84. The number of aliphatic hydroxyl groups excluding tert-OH is 1. The van der Waals surface area contributed by atoms with Gasteiger partial charge in [-0.05, 0) is 261 Å². The zero-order chi connectivity index (χ0) is 98.5. The molecule has 6 heterocycles. The molecule has 1 aromatic heterocycles. The lowest BCUT2D eigenvalue weighted by Crippen LogP contribution is -3.11. The molecule has 18 heteroatoms. The zero-order valence-electron chi connectivity index (χ0n) is 89.0. The molecule has 4 aliphatic carbocycles. The van der Waals surface area contributed by atoms with E-state index in [0.29, 0.717) is 53.5 Å². The van der Waals surface area contributed by atoms with E-state index in [0.717, 1.165) is 140 Å². The van der Waals surface area contributed by atoms with Gasteiger partial charge in [-0.25, -0.2) is 14.4 Å². The summed E-state index contributed by atoms with van der Waals surface area (Å²) >= 11 is 1.60. The van der Waals surface area contributed by atoms with Crippen LogP contribution in [0.2, 0.25) is 0 Å². The van der Waals surface area contributed by atoms with Gasteiger partial charge in [0.1, 0.15) is 73.5 Å². The molecular weight excluding hydrogens is 1740 g/mol. The first-order valence-corrected chi connectivity index (χ1v) is 56.4. The summed E-state index contributed by atoms with van der Waals surface area (Å²) in [5, 5.41) is 13.7. The fraction of sp³-hybridized carbons (Fsp3) is 0.653. The second-order valence-corrected chi connectivity index (χ2v) is 46.5. The number of aliphatic hydroxyl groups is 1. The van der Waals surface area contributed by atoms with Crippen molar-refractivity contribution >= 4 is 23.3 Å². The fourth-order valence-electron chi connectivity index (χ4n) is 26.6. The SMILES string of the molecule is CCCCC[C@H]1[C@@H](CC(C)=O)CC[C@@H]1[NH2+]CCC[NH+](C)C.COCc1cc(C[NH+]2CCC3(CCCC(Cc4cc(C)ccc4F)C3)C2)ccc1C.COc1c(C)cccc1CC1CCCC2(CC[NH+](Cc3ccc(CC(C)=O)cc3)C2)C1.COc1c(C)cccc1CC1CCCC2(CC[NH+](Cc3cnc(SC)nc3)C2)C1.Cc1ccc(CCCCCC2CCOCC2)cc1OCC(O)C[NH+]1CCCC1. The largest absolute Gasteiger partial charge is 0.496 e. The minimum atomic E-state index is -0.374. The van der Waals surface area contributed by atoms with Gasteiger partial charge in [0.05, 0.1) is 106 Å². The Morgan fingerprint density at radius 2 is 1.10 bits per heavy atom. The molecule has 16 nitrogen and oxygen atoms in total. The molecule has 13 atom stereocenters. The Balaban J connectivity index is 0.000000157. The maximum absolute atomic E-state index is 14.3. The van der Waals surface area contributed by atoms with Gasteiger partial charge in [-0.3, -0.25) is 4.79 Å². The molecule has 8 N–H and O–H groups in total. The number of ketones is 2. The van der Waals surface area contributed by atoms with Crippen molar-refractivity contribution in [1.29, 1.82) is 0 Å². The molecule has 0 amide bonds. The first-order valence-electron chi connectivity index (χ1n) is 55.2. The van der Waals surface area contributed by atoms with Crippen LogP contribution in [0.15, 0.2) is 133 Å². The Labute approximate surface area is 844 Å². The molecule has 0 radical (unpaired) electrons. The molecule has 5 aliphatic heterocycles. The number of nitrogens with zero attached hydrogens (tertiary/aromatic N) is 2. The number of hydrogen-bond acceptors (Lipinski definition) is 11. The molecule has 0 bridgehead atoms. The van der Waals surface area contributed by atoms with Crippen molar-refractivity contribution in [3.05, 3.63) is 211 Å². The maximum Gasteiger partial charge on any atom is 0.187 e. The van der Waals surface area contributed by atoms with Crippen LogP contribution in [0.5, 0.6) is 17.2 Å². The molecule has 10 unspecified atom stereocenters. The van der Waals surface area contributed by atoms with Crippen LogP contribution in [-0.2, 0) is 77.4 Å². The number of thioether (sulfide) groups is 1. The highest BCUT2D eigenvalue weighted by Crippen LogP contribution is 2.48. The lowest BCUT2D eigenvalue weighted by molar-refractivity contribution is -0.904. The summed E-state index contributed by atoms with van der Waals surface area (Å²) < 4.78 is 42.5. The third kappa shape index (κ3) is 35.8. The second-order valence-electron chi connectivity index (χ2n) is 45.7. The van der Waals surface area contributed by atoms with E-state index < -0.39 is 0 Å². The number of rotatable bonds is 41. The quantitative estimate of drug-likeness (QED) is 0.0111. The molecule has 766 valence electrons. The fourth-order valence-corrected chi connectivity index (χ4v) is 26.9. The normalized spacial score (nSPS) is 24.9. The van der Waals surface area contributed by atoms with E-state index in [-0.39, 0.29) is 17.7 Å². The summed E-state index contributed by atoms with van der Waals surface area (Å²) in [6.07, 6.45) is 51.2. The number of likely N-dealkylation sites (tertiary alicyclic amines) is 4. The van der Waals surface area contributed by atoms with Crippen LogP contribution in [0.1, 0.15) is 298 Å². The molecule has 5 saturated heterocycles. The van der Waals surface area contributed by atoms with Crippen molar-refractivity contribution in [2.75, 3.05) is 133 Å². The molecule has 9 fully saturated rings. The lowest BCUT2D eigenvalue weighted by atomic mass is 9.67. The number of benzene rings is 6. The van der Waals surface area contributed by atoms with E-state index in [4.69, 9.17) is 23.7 Å². The maximum atomic E-state index is 14.3. The van der Waals surface area contributed by atoms with Crippen LogP contribution in [0, 0.1) is 92.2 Å². The van der Waals surface area contributed by atoms with Gasteiger partial charge in [-0.1, -0.05) is 198 Å². The standard InChI is InChI=1S/C28H37NO2.C27H36FNO.C24H33N3OS.C24H39NO3.C18H36N2O/c1-21-6-4-8-26(27(21)31-3)17-25-7-5-13-28(18-25)14-15-29(20-28)19-24-11-9-23(10-12-24)16-22(2)30;1-20-6-9-26(28)24(13-20)14-22-5-4-10-27(16-22)11-12-29(19-27)17-23-8-7-21(2)25(15-23)18-30-3;1-18-6-4-8-21(22(18)28-2)12-19-7-5-9-24(13-19)10-11-27(17-24)16-20-14-25-23(29-3)26-15-20;1-20-9-10-22(8-4-2-3-7-21-11-15-27-16-12-21)17-24(20)28-19-23(26)18-25-13-5-6-14-25;1-5-6-7-9-17-16(14-15(2)21)10-11-18(17)19-12-8-13-20(3)4/h4,6,8-12,25H,5,7,13-20H2,1-3H3;6-9,13,15,22H,4-5,10-12,14,16-19H2,1-3H3;4,6,8,14-15,19H,5,7,9-13,16-17H2,1-3H3;9-10,17,21,23,26H,2-8,11-16,18-19H2,1H3;16-19H,5-14H2,1-4H3/p+6/t;;;;16-,17+,18+/m....1/s1. The Kier molecular flexibility index (Phi) is 45.5. The summed E-state index contributed by atoms with van der Waals surface area (Å²) in [5.74, 6) is 8.25. The predicted octanol–water partition coefficient (Wildman–Crippen LogP) is 16.8. The van der Waals surface area contributed by atoms with Crippen molar-refractivity contribution in [2.45, 2.75) is 330 Å². The number of Topliss-reactive ketones (excluding diaryl/α,β-unsaturated/α-hetero) is 2. The number of methoxy groups -OCH3 is 3. The van der Waals surface area contributed by atoms with E-state index >= 15 is 0 Å². The summed E-state index contributed by atoms with van der Waals surface area (Å²) in [6, 6.07) is 41.7. The number of carbonyl (C=O) groups is 2. The first-order chi connectivity index (χ1) is 67.3. The number of carbonyl (C=O) groups excluding carboxylic acids is 2. The average Bonchev–Trinajstić information content (AvgIpc) is 1.67. The van der Waals surface area contributed by atoms with Crippen LogP contribution >= 0.6 is 11.8 Å². The number of aromatic nitrogens is 2. The molecule has 16 rings (SSSR count). The van der Waals surface area contributed by atoms with Gasteiger partial charge in [0.2, 0.25) is 0 Å². The first kappa shape index (κ1) is 111. The second kappa shape index (κ2) is 57.1. The van der Waals surface area contributed by atoms with Crippen molar-refractivity contribution in [1.82, 2.24) is 9.97 Å². The predicted molar refractivity (Wildman–Crippen MR) is 566 cm³/mol. The Bertz CT molecular complexity index is 4810. The van der Waals surface area contributed by atoms with Gasteiger partial charge in [0.15, 0.2) is 5.16 Å². The number of nitrogens with one attached hydrogen (secondary N) is 5. The minimum absolute atomic E-state index is 0.0230. The molecular formula is C121H187FN8O8S+6. The third-order valence-corrected chi connectivity index (χ3v) is 34.2. The van der Waals surface area contributed by atoms with E-state index in [2.05, 4.69) is 174 Å². The highest BCUT2D eigenvalue weighted by molar-refractivity contribution is 7.98. The van der Waals surface area contributed by atoms with Crippen LogP contribution in [0.4, 0.5) is 4.39 Å². The number of hydrogen-bond donors (Lipinski definition) is 7. The van der Waals surface area contributed by atoms with Gasteiger partial charge in [0.25, 0.3) is 0 Å². The monoisotopic (exact) mass is 1930 g/mol. The van der Waals surface area contributed by atoms with Crippen molar-refractivity contribution in [2.24, 2.45) is 51.8 Å². The molecule has 4 saturated carbocycles. The molecule has 3 spiro atoms. The number of aryl methyl sites for hydroxylation is 6. The van der Waals surface area contributed by atoms with E-state index in [1.165, 1.54) is 324 Å². The van der Waals surface area contributed by atoms with Gasteiger partial charge in [0, 0.05) is 123 Å². The average molecular weight is 1930 g/mol. The van der Waals surface area contributed by atoms with E-state index in [1.807, 2.05) is 31.8 Å². The summed E-state index contributed by atoms with van der Waals surface area (Å²) in [4.78, 5) is 40.0. The Hall–Kier alpha value is -6.94. The topological polar surface area (TPSA) is 165 Å². The van der Waals surface area contributed by atoms with Crippen LogP contribution in [0.25, 0.3) is 0 Å². The van der Waals surface area contributed by atoms with Crippen molar-refractivity contribution in [3.8, 4) is 17.2 Å². The number of quaternary nitrogens is 6. The van der Waals surface area contributed by atoms with Crippen LogP contribution in [-0.4, -0.2) is 172 Å². The molecule has 9 aliphatic rings. The minimum Gasteiger partial charge on any atom is -0.496 e. The zero-order valence-corrected chi connectivity index (χ0v) is 89.8. The number of nitrogens with two attached hydrogens (primary N) is 1. The number of ether oxygens (including phenoxy) is 5. The van der Waals surface area contributed by atoms with Crippen LogP contribution < -0.4 is 44.0 Å². The third-order valence-electron chi connectivity index (χ3n) is 33.7. The molecule has 139 heavy (non-hydrogen) atoms. The number of halogens is 1. The van der Waals surface area contributed by atoms with E-state index in [1.54, 1.807) is 65.5 Å². The van der Waals surface area contributed by atoms with Crippen LogP contribution in [0.3, 0.4) is 0 Å². The Morgan fingerprint density at radius 3 is 1.66 bits per heavy atom. The lowest BCUT2D eigenvalue weighted by Gasteiger charge is -2.36. The van der Waals surface area contributed by atoms with Gasteiger partial charge >= 0.3 is 0 Å². The van der Waals surface area contributed by atoms with E-state index in [9.17, 15) is 19.1 Å². The number of para-hydroxylation sites is 2. The highest BCUT2D eigenvalue weighted by atomic mass is 32.2. The molecule has 6 aromatic carbocycles. The van der Waals surface area contributed by atoms with Crippen molar-refractivity contribution in [3.63, 3.8) is 0 Å². The molecule has 7 aromatic rings. The Morgan fingerprint density at radius 1 is 0.547 bits per heavy atom. The summed E-state index contributed by atoms with van der Waals surface area (Å²) in [6.45, 7) is 36.0. The number of unbranched alkanes of at least 4 members (excludes halogenated alkanes) is 4. The summed E-state index contributed by atoms with van der Waals surface area (Å²) in [5.41, 5.74) is 19.3.